The second kappa shape index (κ2) is 11.2. The fraction of sp³-hybridized carbons (Fsp3) is 0.632. The Labute approximate surface area is 179 Å². The Kier molecular flexibility index (Phi) is 9.01. The molecule has 2 rings (SSSR count). The van der Waals surface area contributed by atoms with Crippen molar-refractivity contribution < 1.29 is 22.7 Å². The first-order chi connectivity index (χ1) is 14.2. The lowest BCUT2D eigenvalue weighted by Gasteiger charge is -2.34. The van der Waals surface area contributed by atoms with Crippen LogP contribution < -0.4 is 15.4 Å². The second-order valence-electron chi connectivity index (χ2n) is 6.90. The van der Waals surface area contributed by atoms with Gasteiger partial charge in [-0.25, -0.2) is 9.98 Å². The van der Waals surface area contributed by atoms with E-state index in [1.54, 1.807) is 7.05 Å². The van der Waals surface area contributed by atoms with Crippen molar-refractivity contribution in [3.8, 4) is 5.88 Å². The third kappa shape index (κ3) is 7.23. The molecule has 0 unspecified atom stereocenters. The smallest absolute Gasteiger partial charge is 0.417 e. The minimum atomic E-state index is -4.51. The molecule has 7 nitrogen and oxygen atoms in total. The highest BCUT2D eigenvalue weighted by Crippen LogP contribution is 2.33. The predicted octanol–water partition coefficient (Wildman–Crippen LogP) is 2.95. The molecule has 1 aromatic rings. The van der Waals surface area contributed by atoms with Gasteiger partial charge in [-0.1, -0.05) is 11.6 Å². The summed E-state index contributed by atoms with van der Waals surface area (Å²) in [5.74, 6) is 1.10. The number of carbonyl (C=O) groups excluding carboxylic acids is 1. The van der Waals surface area contributed by atoms with Gasteiger partial charge in [0, 0.05) is 39.3 Å². The van der Waals surface area contributed by atoms with Crippen LogP contribution in [-0.2, 0) is 11.0 Å². The minimum Gasteiger partial charge on any atom is -0.475 e. The van der Waals surface area contributed by atoms with Crippen LogP contribution in [0.1, 0.15) is 31.7 Å². The van der Waals surface area contributed by atoms with Gasteiger partial charge in [-0.3, -0.25) is 4.79 Å². The lowest BCUT2D eigenvalue weighted by Crippen LogP contribution is -2.46. The van der Waals surface area contributed by atoms with E-state index in [1.807, 2.05) is 6.92 Å². The average Bonchev–Trinajstić information content (AvgIpc) is 2.71. The number of piperidine rings is 1. The van der Waals surface area contributed by atoms with Crippen molar-refractivity contribution in [1.29, 1.82) is 0 Å². The van der Waals surface area contributed by atoms with Crippen molar-refractivity contribution >= 4 is 23.5 Å². The number of guanidine groups is 1. The molecule has 2 N–H and O–H groups in total. The highest BCUT2D eigenvalue weighted by Gasteiger charge is 2.31. The van der Waals surface area contributed by atoms with Crippen LogP contribution in [0.25, 0.3) is 0 Å². The van der Waals surface area contributed by atoms with Crippen LogP contribution in [0.15, 0.2) is 17.3 Å². The van der Waals surface area contributed by atoms with Crippen molar-refractivity contribution in [1.82, 2.24) is 20.5 Å². The van der Waals surface area contributed by atoms with Gasteiger partial charge in [0.2, 0.25) is 11.8 Å². The molecule has 1 aliphatic heterocycles. The van der Waals surface area contributed by atoms with Gasteiger partial charge in [0.25, 0.3) is 0 Å². The number of likely N-dealkylation sites (tertiary alicyclic amines) is 1. The normalized spacial score (nSPS) is 15.8. The van der Waals surface area contributed by atoms with Crippen LogP contribution in [-0.4, -0.2) is 61.6 Å². The highest BCUT2D eigenvalue weighted by atomic mass is 35.5. The number of nitrogens with zero attached hydrogens (tertiary/aromatic N) is 3. The number of aliphatic imine (C=N–C) groups is 1. The van der Waals surface area contributed by atoms with Crippen LogP contribution >= 0.6 is 11.6 Å². The number of aromatic nitrogens is 1. The molecular formula is C19H27ClF3N5O2. The number of hydrogen-bond donors (Lipinski definition) is 2. The van der Waals surface area contributed by atoms with Gasteiger partial charge < -0.3 is 20.3 Å². The third-order valence-corrected chi connectivity index (χ3v) is 5.00. The van der Waals surface area contributed by atoms with Crippen molar-refractivity contribution in [2.75, 3.05) is 39.8 Å². The molecule has 1 saturated heterocycles. The SMILES string of the molecule is CCNC(=NCCOc1ncc(C(F)(F)F)cc1Cl)N1CCC(CC(=O)NC)CC1. The summed E-state index contributed by atoms with van der Waals surface area (Å²) in [7, 11) is 1.64. The summed E-state index contributed by atoms with van der Waals surface area (Å²) >= 11 is 5.84. The summed E-state index contributed by atoms with van der Waals surface area (Å²) in [6.07, 6.45) is -1.48. The van der Waals surface area contributed by atoms with Gasteiger partial charge in [-0.2, -0.15) is 13.2 Å². The number of halogens is 4. The van der Waals surface area contributed by atoms with E-state index in [1.165, 1.54) is 0 Å². The average molecular weight is 450 g/mol. The molecule has 0 aliphatic carbocycles. The van der Waals surface area contributed by atoms with Gasteiger partial charge >= 0.3 is 6.18 Å². The number of carbonyl (C=O) groups is 1. The number of amides is 1. The first kappa shape index (κ1) is 24.0. The molecule has 0 aromatic carbocycles. The summed E-state index contributed by atoms with van der Waals surface area (Å²) in [5, 5.41) is 5.69. The molecule has 0 spiro atoms. The third-order valence-electron chi connectivity index (χ3n) is 4.73. The van der Waals surface area contributed by atoms with Crippen molar-refractivity contribution in [3.05, 3.63) is 22.8 Å². The van der Waals surface area contributed by atoms with E-state index in [-0.39, 0.29) is 23.4 Å². The van der Waals surface area contributed by atoms with Crippen LogP contribution in [0.5, 0.6) is 5.88 Å². The Balaban J connectivity index is 1.86. The van der Waals surface area contributed by atoms with Gasteiger partial charge in [0.1, 0.15) is 11.6 Å². The molecule has 168 valence electrons. The number of rotatable bonds is 7. The number of ether oxygens (including phenoxy) is 1. The summed E-state index contributed by atoms with van der Waals surface area (Å²) in [6.45, 7) is 4.67. The molecule has 0 atom stereocenters. The summed E-state index contributed by atoms with van der Waals surface area (Å²) in [4.78, 5) is 21.8. The van der Waals surface area contributed by atoms with Crippen LogP contribution in [0.3, 0.4) is 0 Å². The Morgan fingerprint density at radius 3 is 2.67 bits per heavy atom. The Hall–Kier alpha value is -2.23. The van der Waals surface area contributed by atoms with Crippen LogP contribution in [0.2, 0.25) is 5.02 Å². The summed E-state index contributed by atoms with van der Waals surface area (Å²) in [5.41, 5.74) is -0.924. The molecule has 1 amide bonds. The number of pyridine rings is 1. The Bertz CT molecular complexity index is 737. The zero-order chi connectivity index (χ0) is 22.1. The molecule has 30 heavy (non-hydrogen) atoms. The highest BCUT2D eigenvalue weighted by molar-refractivity contribution is 6.31. The minimum absolute atomic E-state index is 0.0557. The maximum absolute atomic E-state index is 12.7. The predicted molar refractivity (Wildman–Crippen MR) is 109 cm³/mol. The van der Waals surface area contributed by atoms with Gasteiger partial charge in [0.05, 0.1) is 12.1 Å². The fourth-order valence-electron chi connectivity index (χ4n) is 3.12. The summed E-state index contributed by atoms with van der Waals surface area (Å²) < 4.78 is 43.4. The summed E-state index contributed by atoms with van der Waals surface area (Å²) in [6, 6.07) is 0.792. The number of hydrogen-bond acceptors (Lipinski definition) is 4. The standard InChI is InChI=1S/C19H27ClF3N5O2/c1-3-25-18(28-7-4-13(5-8-28)10-16(29)24-2)26-6-9-30-17-15(20)11-14(12-27-17)19(21,22)23/h11-13H,3-10H2,1-2H3,(H,24,29)(H,25,26). The van der Waals surface area contributed by atoms with Gasteiger partial charge in [-0.15, -0.1) is 0 Å². The first-order valence-corrected chi connectivity index (χ1v) is 10.2. The lowest BCUT2D eigenvalue weighted by molar-refractivity contribution is -0.137. The Morgan fingerprint density at radius 1 is 1.40 bits per heavy atom. The quantitative estimate of drug-likeness (QED) is 0.380. The van der Waals surface area contributed by atoms with E-state index in [4.69, 9.17) is 16.3 Å². The molecule has 1 aliphatic rings. The molecule has 1 fully saturated rings. The monoisotopic (exact) mass is 449 g/mol. The number of alkyl halides is 3. The van der Waals surface area contributed by atoms with E-state index < -0.39 is 11.7 Å². The first-order valence-electron chi connectivity index (χ1n) is 9.84. The maximum Gasteiger partial charge on any atom is 0.417 e. The molecule has 2 heterocycles. The van der Waals surface area contributed by atoms with Gasteiger partial charge in [0.15, 0.2) is 5.96 Å². The van der Waals surface area contributed by atoms with E-state index in [2.05, 4.69) is 25.5 Å². The zero-order valence-electron chi connectivity index (χ0n) is 17.1. The van der Waals surface area contributed by atoms with Gasteiger partial charge in [-0.05, 0) is 31.7 Å². The maximum atomic E-state index is 12.7. The fourth-order valence-corrected chi connectivity index (χ4v) is 3.34. The van der Waals surface area contributed by atoms with Crippen LogP contribution in [0.4, 0.5) is 13.2 Å². The zero-order valence-corrected chi connectivity index (χ0v) is 17.8. The molecular weight excluding hydrogens is 423 g/mol. The molecule has 0 saturated carbocycles. The van der Waals surface area contributed by atoms with Crippen molar-refractivity contribution in [2.45, 2.75) is 32.4 Å². The van der Waals surface area contributed by atoms with E-state index in [0.717, 1.165) is 38.0 Å². The molecule has 1 aromatic heterocycles. The van der Waals surface area contributed by atoms with Crippen LogP contribution in [0, 0.1) is 5.92 Å². The molecule has 0 radical (unpaired) electrons. The van der Waals surface area contributed by atoms with E-state index in [0.29, 0.717) is 31.6 Å². The van der Waals surface area contributed by atoms with Crippen molar-refractivity contribution in [2.24, 2.45) is 10.9 Å². The van der Waals surface area contributed by atoms with Crippen molar-refractivity contribution in [3.63, 3.8) is 0 Å². The Morgan fingerprint density at radius 2 is 2.10 bits per heavy atom. The lowest BCUT2D eigenvalue weighted by atomic mass is 9.93. The largest absolute Gasteiger partial charge is 0.475 e. The van der Waals surface area contributed by atoms with E-state index >= 15 is 0 Å². The number of nitrogens with one attached hydrogen (secondary N) is 2. The molecule has 11 heteroatoms. The van der Waals surface area contributed by atoms with E-state index in [9.17, 15) is 18.0 Å². The second-order valence-corrected chi connectivity index (χ2v) is 7.31. The topological polar surface area (TPSA) is 78.9 Å². The molecule has 0 bridgehead atoms.